The van der Waals surface area contributed by atoms with Crippen LogP contribution in [-0.2, 0) is 24.4 Å². The van der Waals surface area contributed by atoms with Crippen molar-refractivity contribution in [2.45, 2.75) is 38.5 Å². The van der Waals surface area contributed by atoms with Gasteiger partial charge in [0, 0.05) is 31.6 Å². The van der Waals surface area contributed by atoms with Crippen molar-refractivity contribution in [3.63, 3.8) is 0 Å². The van der Waals surface area contributed by atoms with E-state index in [0.717, 1.165) is 29.5 Å². The molecule has 2 amide bonds. The number of nitrogens with zero attached hydrogens (tertiary/aromatic N) is 2. The van der Waals surface area contributed by atoms with Gasteiger partial charge < -0.3 is 14.5 Å². The highest BCUT2D eigenvalue weighted by Gasteiger charge is 2.34. The van der Waals surface area contributed by atoms with Crippen molar-refractivity contribution in [2.24, 2.45) is 0 Å². The molecule has 1 heterocycles. The van der Waals surface area contributed by atoms with E-state index < -0.39 is 11.9 Å². The maximum Gasteiger partial charge on any atom is 0.254 e. The second-order valence-electron chi connectivity index (χ2n) is 10.1. The van der Waals surface area contributed by atoms with Crippen LogP contribution in [0, 0.1) is 5.82 Å². The number of ether oxygens (including phenoxy) is 1. The van der Waals surface area contributed by atoms with Gasteiger partial charge in [-0.2, -0.15) is 0 Å². The summed E-state index contributed by atoms with van der Waals surface area (Å²) in [5.74, 6) is -0.230. The fourth-order valence-corrected chi connectivity index (χ4v) is 5.06. The summed E-state index contributed by atoms with van der Waals surface area (Å²) in [7, 11) is 0. The minimum atomic E-state index is -0.731. The molecule has 0 N–H and O–H groups in total. The van der Waals surface area contributed by atoms with E-state index >= 15 is 0 Å². The Balaban J connectivity index is 1.43. The van der Waals surface area contributed by atoms with E-state index in [1.54, 1.807) is 11.0 Å². The molecule has 1 unspecified atom stereocenters. The van der Waals surface area contributed by atoms with Gasteiger partial charge in [-0.3, -0.25) is 9.59 Å². The van der Waals surface area contributed by atoms with Gasteiger partial charge in [-0.15, -0.1) is 0 Å². The van der Waals surface area contributed by atoms with Crippen LogP contribution in [0.4, 0.5) is 4.39 Å². The maximum atomic E-state index is 14.1. The van der Waals surface area contributed by atoms with Crippen LogP contribution in [0.1, 0.15) is 39.9 Å². The summed E-state index contributed by atoms with van der Waals surface area (Å²) in [4.78, 5) is 31.3. The second kappa shape index (κ2) is 13.1. The van der Waals surface area contributed by atoms with Gasteiger partial charge >= 0.3 is 0 Å². The highest BCUT2D eigenvalue weighted by molar-refractivity contribution is 5.97. The van der Waals surface area contributed by atoms with Crippen molar-refractivity contribution in [2.75, 3.05) is 13.1 Å². The van der Waals surface area contributed by atoms with Crippen molar-refractivity contribution in [1.29, 1.82) is 0 Å². The molecule has 1 atom stereocenters. The third-order valence-electron chi connectivity index (χ3n) is 7.21. The molecule has 6 heteroatoms. The van der Waals surface area contributed by atoms with Gasteiger partial charge in [-0.25, -0.2) is 4.39 Å². The molecule has 204 valence electrons. The number of carbonyl (C=O) groups is 2. The maximum absolute atomic E-state index is 14.1. The average Bonchev–Trinajstić information content (AvgIpc) is 3.54. The lowest BCUT2D eigenvalue weighted by atomic mass is 10.0. The quantitative estimate of drug-likeness (QED) is 0.240. The van der Waals surface area contributed by atoms with Crippen LogP contribution in [0.2, 0.25) is 0 Å². The Morgan fingerprint density at radius 1 is 0.775 bits per heavy atom. The van der Waals surface area contributed by atoms with Gasteiger partial charge in [-0.05, 0) is 59.9 Å². The Kier molecular flexibility index (Phi) is 8.86. The van der Waals surface area contributed by atoms with Crippen molar-refractivity contribution >= 4 is 11.8 Å². The summed E-state index contributed by atoms with van der Waals surface area (Å²) in [6.07, 6.45) is 2.27. The first-order valence-corrected chi connectivity index (χ1v) is 13.7. The minimum Gasteiger partial charge on any atom is -0.489 e. The fraction of sp³-hybridized carbons (Fsp3) is 0.235. The molecule has 5 nitrogen and oxygen atoms in total. The molecule has 0 radical (unpaired) electrons. The van der Waals surface area contributed by atoms with E-state index in [1.807, 2.05) is 89.8 Å². The molecule has 0 bridgehead atoms. The molecule has 1 aliphatic heterocycles. The van der Waals surface area contributed by atoms with Gasteiger partial charge in [0.25, 0.3) is 5.91 Å². The highest BCUT2D eigenvalue weighted by Crippen LogP contribution is 2.23. The highest BCUT2D eigenvalue weighted by atomic mass is 19.1. The zero-order chi connectivity index (χ0) is 27.7. The van der Waals surface area contributed by atoms with E-state index in [9.17, 15) is 14.0 Å². The zero-order valence-electron chi connectivity index (χ0n) is 22.4. The number of amides is 2. The normalized spacial score (nSPS) is 13.6. The van der Waals surface area contributed by atoms with Crippen LogP contribution in [-0.4, -0.2) is 40.7 Å². The van der Waals surface area contributed by atoms with Crippen molar-refractivity contribution < 1.29 is 18.7 Å². The fourth-order valence-electron chi connectivity index (χ4n) is 5.06. The predicted molar refractivity (Wildman–Crippen MR) is 153 cm³/mol. The molecule has 4 aromatic carbocycles. The van der Waals surface area contributed by atoms with Crippen LogP contribution in [0.15, 0.2) is 109 Å². The van der Waals surface area contributed by atoms with E-state index in [2.05, 4.69) is 0 Å². The lowest BCUT2D eigenvalue weighted by Crippen LogP contribution is -2.51. The molecule has 1 aliphatic rings. The Morgan fingerprint density at radius 3 is 2.08 bits per heavy atom. The third kappa shape index (κ3) is 6.94. The number of hydrogen-bond acceptors (Lipinski definition) is 3. The molecule has 0 aliphatic carbocycles. The van der Waals surface area contributed by atoms with Crippen LogP contribution >= 0.6 is 0 Å². The molecule has 0 aromatic heterocycles. The smallest absolute Gasteiger partial charge is 0.254 e. The molecule has 40 heavy (non-hydrogen) atoms. The summed E-state index contributed by atoms with van der Waals surface area (Å²) in [5.41, 5.74) is 3.10. The molecule has 1 fully saturated rings. The minimum absolute atomic E-state index is 0.0751. The third-order valence-corrected chi connectivity index (χ3v) is 7.21. The largest absolute Gasteiger partial charge is 0.489 e. The molecule has 1 saturated heterocycles. The van der Waals surface area contributed by atoms with Crippen LogP contribution in [0.25, 0.3) is 0 Å². The number of benzene rings is 4. The van der Waals surface area contributed by atoms with Crippen molar-refractivity contribution in [3.8, 4) is 5.75 Å². The molecule has 0 saturated carbocycles. The first-order valence-electron chi connectivity index (χ1n) is 13.7. The van der Waals surface area contributed by atoms with Crippen LogP contribution < -0.4 is 4.74 Å². The number of rotatable bonds is 10. The van der Waals surface area contributed by atoms with Crippen LogP contribution in [0.3, 0.4) is 0 Å². The van der Waals surface area contributed by atoms with E-state index in [4.69, 9.17) is 4.74 Å². The number of carbonyl (C=O) groups excluding carboxylic acids is 2. The molecule has 0 spiro atoms. The average molecular weight is 537 g/mol. The van der Waals surface area contributed by atoms with Gasteiger partial charge in [0.15, 0.2) is 0 Å². The summed E-state index contributed by atoms with van der Waals surface area (Å²) in [6, 6.07) is 32.1. The van der Waals surface area contributed by atoms with Gasteiger partial charge in [0.05, 0.1) is 0 Å². The van der Waals surface area contributed by atoms with Crippen molar-refractivity contribution in [3.05, 3.63) is 137 Å². The topological polar surface area (TPSA) is 49.9 Å². The summed E-state index contributed by atoms with van der Waals surface area (Å²) >= 11 is 0. The van der Waals surface area contributed by atoms with E-state index in [-0.39, 0.29) is 23.9 Å². The molecular weight excluding hydrogens is 503 g/mol. The first kappa shape index (κ1) is 27.1. The lowest BCUT2D eigenvalue weighted by molar-refractivity contribution is -0.135. The Labute approximate surface area is 234 Å². The monoisotopic (exact) mass is 536 g/mol. The first-order chi connectivity index (χ1) is 19.6. The standard InChI is InChI=1S/C34H33FN2O3/c35-30-15-9-14-29(23-30)33(38)37(24-27-16-18-31(19-17-27)40-25-28-12-5-2-6-13-28)32(22-26-10-3-1-4-11-26)34(39)36-20-7-8-21-36/h1-6,9-19,23,32H,7-8,20-22,24-25H2. The summed E-state index contributed by atoms with van der Waals surface area (Å²) in [6.45, 7) is 2.01. The molecular formula is C34H33FN2O3. The van der Waals surface area contributed by atoms with E-state index in [0.29, 0.717) is 31.9 Å². The van der Waals surface area contributed by atoms with Gasteiger partial charge in [-0.1, -0.05) is 78.9 Å². The predicted octanol–water partition coefficient (Wildman–Crippen LogP) is 6.28. The Hall–Kier alpha value is -4.45. The molecule has 4 aromatic rings. The van der Waals surface area contributed by atoms with Crippen LogP contribution in [0.5, 0.6) is 5.75 Å². The summed E-state index contributed by atoms with van der Waals surface area (Å²) < 4.78 is 20.1. The Morgan fingerprint density at radius 2 is 1.43 bits per heavy atom. The van der Waals surface area contributed by atoms with Gasteiger partial charge in [0.2, 0.25) is 5.91 Å². The van der Waals surface area contributed by atoms with E-state index in [1.165, 1.54) is 18.2 Å². The van der Waals surface area contributed by atoms with Crippen molar-refractivity contribution in [1.82, 2.24) is 9.80 Å². The van der Waals surface area contributed by atoms with Gasteiger partial charge in [0.1, 0.15) is 24.2 Å². The zero-order valence-corrected chi connectivity index (χ0v) is 22.4. The number of hydrogen-bond donors (Lipinski definition) is 0. The number of halogens is 1. The SMILES string of the molecule is O=C(C(Cc1ccccc1)N(Cc1ccc(OCc2ccccc2)cc1)C(=O)c1cccc(F)c1)N1CCCC1. The number of likely N-dealkylation sites (tertiary alicyclic amines) is 1. The second-order valence-corrected chi connectivity index (χ2v) is 10.1. The molecule has 5 rings (SSSR count). The summed E-state index contributed by atoms with van der Waals surface area (Å²) in [5, 5.41) is 0. The Bertz CT molecular complexity index is 1400. The lowest BCUT2D eigenvalue weighted by Gasteiger charge is -2.34.